The van der Waals surface area contributed by atoms with Gasteiger partial charge < -0.3 is 15.4 Å². The van der Waals surface area contributed by atoms with Gasteiger partial charge in [-0.25, -0.2) is 8.42 Å². The van der Waals surface area contributed by atoms with Crippen molar-refractivity contribution >= 4 is 21.8 Å². The normalized spacial score (nSPS) is 16.7. The van der Waals surface area contributed by atoms with Crippen LogP contribution < -0.4 is 10.6 Å². The van der Waals surface area contributed by atoms with Crippen LogP contribution in [0.4, 0.5) is 0 Å². The second-order valence-corrected chi connectivity index (χ2v) is 9.87. The Morgan fingerprint density at radius 3 is 2.19 bits per heavy atom. The number of nitrogens with one attached hydrogen (secondary N) is 2. The number of benzene rings is 2. The number of hydrogen-bond donors (Lipinski definition) is 2. The van der Waals surface area contributed by atoms with Crippen LogP contribution in [0.5, 0.6) is 0 Å². The molecule has 1 aliphatic rings. The number of carbonyl (C=O) groups excluding carboxylic acids is 2. The number of aryl methyl sites for hydroxylation is 4. The maximum atomic E-state index is 13.3. The SMILES string of the molecule is Cc1ccc(CNC(=O)C(=O)NC[C@H]2OCCN2S(=O)(=O)c2c(C)cc(C)cc2C)cc1. The standard InChI is InChI=1S/C23H29N3O5S/c1-15-5-7-19(8-6-15)13-24-22(27)23(28)25-14-20-26(9-10-31-20)32(29,30)21-17(3)11-16(2)12-18(21)4/h5-8,11-12,20H,9-10,13-14H2,1-4H3,(H,24,27)(H,25,28)/t20-/m1/s1. The van der Waals surface area contributed by atoms with Crippen molar-refractivity contribution in [3.63, 3.8) is 0 Å². The third-order valence-electron chi connectivity index (χ3n) is 5.33. The minimum Gasteiger partial charge on any atom is -0.359 e. The van der Waals surface area contributed by atoms with Crippen molar-refractivity contribution in [3.8, 4) is 0 Å². The lowest BCUT2D eigenvalue weighted by Gasteiger charge is -2.24. The van der Waals surface area contributed by atoms with Crippen LogP contribution in [-0.2, 0) is 30.9 Å². The average Bonchev–Trinajstić information content (AvgIpc) is 3.20. The van der Waals surface area contributed by atoms with E-state index in [2.05, 4.69) is 10.6 Å². The number of ether oxygens (including phenoxy) is 1. The summed E-state index contributed by atoms with van der Waals surface area (Å²) < 4.78 is 33.4. The van der Waals surface area contributed by atoms with Gasteiger partial charge in [-0.15, -0.1) is 0 Å². The Balaban J connectivity index is 1.61. The molecule has 32 heavy (non-hydrogen) atoms. The highest BCUT2D eigenvalue weighted by molar-refractivity contribution is 7.89. The van der Waals surface area contributed by atoms with E-state index >= 15 is 0 Å². The number of amides is 2. The van der Waals surface area contributed by atoms with Gasteiger partial charge in [-0.05, 0) is 44.4 Å². The van der Waals surface area contributed by atoms with Crippen LogP contribution in [0.2, 0.25) is 0 Å². The summed E-state index contributed by atoms with van der Waals surface area (Å²) in [5.41, 5.74) is 4.28. The van der Waals surface area contributed by atoms with Gasteiger partial charge in [0.2, 0.25) is 10.0 Å². The first-order valence-corrected chi connectivity index (χ1v) is 11.9. The van der Waals surface area contributed by atoms with E-state index in [9.17, 15) is 18.0 Å². The van der Waals surface area contributed by atoms with Crippen LogP contribution >= 0.6 is 0 Å². The van der Waals surface area contributed by atoms with Gasteiger partial charge in [-0.2, -0.15) is 4.31 Å². The molecule has 1 fully saturated rings. The van der Waals surface area contributed by atoms with Crippen molar-refractivity contribution in [1.29, 1.82) is 0 Å². The maximum Gasteiger partial charge on any atom is 0.309 e. The lowest BCUT2D eigenvalue weighted by atomic mass is 10.1. The van der Waals surface area contributed by atoms with Crippen LogP contribution in [0.25, 0.3) is 0 Å². The molecule has 0 spiro atoms. The number of rotatable bonds is 6. The summed E-state index contributed by atoms with van der Waals surface area (Å²) in [5, 5.41) is 5.04. The Morgan fingerprint density at radius 2 is 1.56 bits per heavy atom. The first kappa shape index (κ1) is 23.9. The summed E-state index contributed by atoms with van der Waals surface area (Å²) in [6.45, 7) is 7.89. The highest BCUT2D eigenvalue weighted by atomic mass is 32.2. The topological polar surface area (TPSA) is 105 Å². The summed E-state index contributed by atoms with van der Waals surface area (Å²) >= 11 is 0. The van der Waals surface area contributed by atoms with E-state index in [0.717, 1.165) is 16.7 Å². The largest absolute Gasteiger partial charge is 0.359 e. The molecule has 8 nitrogen and oxygen atoms in total. The molecule has 1 saturated heterocycles. The Labute approximate surface area is 189 Å². The molecule has 1 heterocycles. The molecular formula is C23H29N3O5S. The Morgan fingerprint density at radius 1 is 0.969 bits per heavy atom. The molecule has 0 saturated carbocycles. The van der Waals surface area contributed by atoms with Crippen LogP contribution in [0.1, 0.15) is 27.8 Å². The number of nitrogens with zero attached hydrogens (tertiary/aromatic N) is 1. The molecule has 0 radical (unpaired) electrons. The minimum absolute atomic E-state index is 0.125. The molecule has 172 valence electrons. The predicted octanol–water partition coefficient (Wildman–Crippen LogP) is 1.70. The second-order valence-electron chi connectivity index (χ2n) is 8.05. The fourth-order valence-corrected chi connectivity index (χ4v) is 5.79. The zero-order valence-corrected chi connectivity index (χ0v) is 19.6. The molecule has 2 N–H and O–H groups in total. The van der Waals surface area contributed by atoms with E-state index in [0.29, 0.717) is 11.1 Å². The lowest BCUT2D eigenvalue weighted by Crippen LogP contribution is -2.47. The van der Waals surface area contributed by atoms with Crippen LogP contribution in [0.15, 0.2) is 41.3 Å². The van der Waals surface area contributed by atoms with E-state index < -0.39 is 28.1 Å². The quantitative estimate of drug-likeness (QED) is 0.640. The van der Waals surface area contributed by atoms with Crippen LogP contribution in [0.3, 0.4) is 0 Å². The molecule has 2 aromatic carbocycles. The van der Waals surface area contributed by atoms with Gasteiger partial charge in [0.15, 0.2) is 0 Å². The van der Waals surface area contributed by atoms with Crippen LogP contribution in [-0.4, -0.2) is 50.5 Å². The zero-order valence-electron chi connectivity index (χ0n) is 18.8. The fraction of sp³-hybridized carbons (Fsp3) is 0.391. The number of sulfonamides is 1. The van der Waals surface area contributed by atoms with E-state index in [-0.39, 0.29) is 31.1 Å². The van der Waals surface area contributed by atoms with E-state index in [4.69, 9.17) is 4.74 Å². The van der Waals surface area contributed by atoms with Gasteiger partial charge >= 0.3 is 11.8 Å². The molecule has 1 atom stereocenters. The van der Waals surface area contributed by atoms with Gasteiger partial charge in [0, 0.05) is 13.1 Å². The first-order chi connectivity index (χ1) is 15.1. The molecule has 1 aliphatic heterocycles. The summed E-state index contributed by atoms with van der Waals surface area (Å²) in [6.07, 6.45) is -0.881. The van der Waals surface area contributed by atoms with Crippen molar-refractivity contribution in [3.05, 3.63) is 64.2 Å². The van der Waals surface area contributed by atoms with E-state index in [1.165, 1.54) is 4.31 Å². The molecule has 0 unspecified atom stereocenters. The number of carbonyl (C=O) groups is 2. The molecule has 2 amide bonds. The molecule has 9 heteroatoms. The van der Waals surface area contributed by atoms with Crippen molar-refractivity contribution in [2.45, 2.75) is 45.4 Å². The third-order valence-corrected chi connectivity index (χ3v) is 7.53. The molecule has 2 aromatic rings. The Kier molecular flexibility index (Phi) is 7.33. The third kappa shape index (κ3) is 5.35. The van der Waals surface area contributed by atoms with Gasteiger partial charge in [0.25, 0.3) is 0 Å². The summed E-state index contributed by atoms with van der Waals surface area (Å²) in [5.74, 6) is -1.63. The maximum absolute atomic E-state index is 13.3. The summed E-state index contributed by atoms with van der Waals surface area (Å²) in [4.78, 5) is 24.6. The van der Waals surface area contributed by atoms with Crippen LogP contribution in [0, 0.1) is 27.7 Å². The van der Waals surface area contributed by atoms with Crippen molar-refractivity contribution < 1.29 is 22.7 Å². The predicted molar refractivity (Wildman–Crippen MR) is 120 cm³/mol. The Bertz CT molecular complexity index is 1090. The Hall–Kier alpha value is -2.75. The smallest absolute Gasteiger partial charge is 0.309 e. The first-order valence-electron chi connectivity index (χ1n) is 10.4. The van der Waals surface area contributed by atoms with E-state index in [1.54, 1.807) is 13.8 Å². The highest BCUT2D eigenvalue weighted by Gasteiger charge is 2.38. The fourth-order valence-electron chi connectivity index (χ4n) is 3.86. The van der Waals surface area contributed by atoms with Crippen molar-refractivity contribution in [2.75, 3.05) is 19.7 Å². The van der Waals surface area contributed by atoms with Gasteiger partial charge in [0.1, 0.15) is 6.23 Å². The molecular weight excluding hydrogens is 430 g/mol. The molecule has 3 rings (SSSR count). The van der Waals surface area contributed by atoms with Gasteiger partial charge in [-0.3, -0.25) is 9.59 Å². The monoisotopic (exact) mass is 459 g/mol. The van der Waals surface area contributed by atoms with Crippen molar-refractivity contribution in [1.82, 2.24) is 14.9 Å². The second kappa shape index (κ2) is 9.81. The number of hydrogen-bond acceptors (Lipinski definition) is 5. The summed E-state index contributed by atoms with van der Waals surface area (Å²) in [7, 11) is -3.83. The van der Waals surface area contributed by atoms with Gasteiger partial charge in [-0.1, -0.05) is 47.5 Å². The summed E-state index contributed by atoms with van der Waals surface area (Å²) in [6, 6.07) is 11.2. The zero-order chi connectivity index (χ0) is 23.5. The van der Waals surface area contributed by atoms with E-state index in [1.807, 2.05) is 50.2 Å². The minimum atomic E-state index is -3.83. The molecule has 0 aliphatic carbocycles. The average molecular weight is 460 g/mol. The highest BCUT2D eigenvalue weighted by Crippen LogP contribution is 2.28. The molecule has 0 aromatic heterocycles. The van der Waals surface area contributed by atoms with Gasteiger partial charge in [0.05, 0.1) is 18.0 Å². The van der Waals surface area contributed by atoms with Crippen molar-refractivity contribution in [2.24, 2.45) is 0 Å². The lowest BCUT2D eigenvalue weighted by molar-refractivity contribution is -0.139. The molecule has 0 bridgehead atoms.